The van der Waals surface area contributed by atoms with Gasteiger partial charge in [0, 0.05) is 6.92 Å². The lowest BCUT2D eigenvalue weighted by atomic mass is 9.35. The van der Waals surface area contributed by atoms with Gasteiger partial charge in [0.05, 0.1) is 13.0 Å². The fourth-order valence-corrected chi connectivity index (χ4v) is 12.7. The van der Waals surface area contributed by atoms with Crippen molar-refractivity contribution in [3.8, 4) is 5.75 Å². The van der Waals surface area contributed by atoms with Crippen LogP contribution < -0.4 is 4.74 Å². The van der Waals surface area contributed by atoms with Gasteiger partial charge in [-0.25, -0.2) is 0 Å². The van der Waals surface area contributed by atoms with Crippen LogP contribution in [0.15, 0.2) is 59.7 Å². The van der Waals surface area contributed by atoms with Gasteiger partial charge in [-0.2, -0.15) is 0 Å². The van der Waals surface area contributed by atoms with Crippen LogP contribution >= 0.6 is 0 Å². The Morgan fingerprint density at radius 3 is 2.26 bits per heavy atom. The Kier molecular flexibility index (Phi) is 9.70. The molecule has 0 bridgehead atoms. The van der Waals surface area contributed by atoms with Crippen molar-refractivity contribution in [3.05, 3.63) is 65.3 Å². The lowest BCUT2D eigenvalue weighted by Gasteiger charge is -2.68. The third kappa shape index (κ3) is 5.76. The molecule has 0 aromatic heterocycles. The average Bonchev–Trinajstić information content (AvgIpc) is 3.14. The van der Waals surface area contributed by atoms with E-state index in [0.29, 0.717) is 29.6 Å². The van der Waals surface area contributed by atoms with E-state index < -0.39 is 42.1 Å². The molecule has 7 rings (SSSR count). The number of rotatable bonds is 7. The number of carbonyl (C=O) groups is 3. The van der Waals surface area contributed by atoms with E-state index in [0.717, 1.165) is 41.3 Å². The van der Waals surface area contributed by atoms with Crippen LogP contribution in [0.4, 0.5) is 0 Å². The minimum atomic E-state index is -1.12. The van der Waals surface area contributed by atoms with Gasteiger partial charge in [0.1, 0.15) is 17.3 Å². The maximum Gasteiger partial charge on any atom is 0.318 e. The van der Waals surface area contributed by atoms with Crippen molar-refractivity contribution >= 4 is 28.7 Å². The van der Waals surface area contributed by atoms with E-state index in [4.69, 9.17) is 18.9 Å². The molecule has 0 saturated heterocycles. The summed E-state index contributed by atoms with van der Waals surface area (Å²) >= 11 is 0. The molecule has 0 radical (unpaired) electrons. The Bertz CT molecular complexity index is 1910. The van der Waals surface area contributed by atoms with E-state index >= 15 is 0 Å². The van der Waals surface area contributed by atoms with Crippen molar-refractivity contribution in [2.75, 3.05) is 13.9 Å². The van der Waals surface area contributed by atoms with Crippen molar-refractivity contribution in [2.24, 2.45) is 50.7 Å². The number of fused-ring (bicyclic) bond motifs is 8. The fourth-order valence-electron chi connectivity index (χ4n) is 12.7. The number of esters is 3. The molecule has 0 amide bonds. The van der Waals surface area contributed by atoms with Crippen molar-refractivity contribution in [1.29, 1.82) is 0 Å². The number of hydrogen-bond acceptors (Lipinski definition) is 7. The predicted octanol–water partition coefficient (Wildman–Crippen LogP) is 10.5. The van der Waals surface area contributed by atoms with Gasteiger partial charge in [-0.15, -0.1) is 0 Å². The molecule has 54 heavy (non-hydrogen) atoms. The number of allylic oxidation sites excluding steroid dienone is 4. The van der Waals surface area contributed by atoms with Gasteiger partial charge in [-0.3, -0.25) is 14.4 Å². The lowest BCUT2D eigenvalue weighted by molar-refractivity contribution is -0.204. The molecule has 5 aliphatic rings. The molecule has 0 N–H and O–H groups in total. The molecule has 11 atom stereocenters. The van der Waals surface area contributed by atoms with Gasteiger partial charge in [0.25, 0.3) is 0 Å². The summed E-state index contributed by atoms with van der Waals surface area (Å²) in [4.78, 5) is 40.2. The molecule has 0 spiro atoms. The van der Waals surface area contributed by atoms with Gasteiger partial charge >= 0.3 is 17.9 Å². The minimum Gasteiger partial charge on any atom is -0.497 e. The predicted molar refractivity (Wildman–Crippen MR) is 210 cm³/mol. The maximum absolute atomic E-state index is 14.5. The SMILES string of the molecule is COc1ccc2cc([C@H](C)C(=O)OCOC(=O)[C@@]3(C)[C@H](OC(C)=O)CC[C@]4(C)C5=CC=C6[C@@H]7[C@@H](C)[C@H](C)CC[C@]7(C)CC[C@]6(C)[C@]5(C)CC[C@@H]34)ccc2c1. The summed E-state index contributed by atoms with van der Waals surface area (Å²) in [6, 6.07) is 11.6. The number of methoxy groups -OCH3 is 1. The summed E-state index contributed by atoms with van der Waals surface area (Å²) < 4.78 is 22.8. The number of benzene rings is 2. The topological polar surface area (TPSA) is 88.1 Å². The van der Waals surface area contributed by atoms with Crippen molar-refractivity contribution in [1.82, 2.24) is 0 Å². The first-order valence-electron chi connectivity index (χ1n) is 20.4. The third-order valence-corrected chi connectivity index (χ3v) is 16.5. The molecule has 0 aliphatic heterocycles. The molecule has 2 aromatic rings. The monoisotopic (exact) mass is 738 g/mol. The first kappa shape index (κ1) is 38.7. The second-order valence-electron chi connectivity index (χ2n) is 19.0. The summed E-state index contributed by atoms with van der Waals surface area (Å²) in [6.07, 6.45) is 12.5. The van der Waals surface area contributed by atoms with Crippen LogP contribution in [0, 0.1) is 50.7 Å². The minimum absolute atomic E-state index is 0.0347. The Labute approximate surface area is 322 Å². The highest BCUT2D eigenvalue weighted by Crippen LogP contribution is 2.74. The van der Waals surface area contributed by atoms with E-state index in [1.807, 2.05) is 43.3 Å². The first-order chi connectivity index (χ1) is 25.4. The quantitative estimate of drug-likeness (QED) is 0.206. The molecule has 0 unspecified atom stereocenters. The summed E-state index contributed by atoms with van der Waals surface area (Å²) in [7, 11) is 1.64. The molecule has 4 saturated carbocycles. The van der Waals surface area contributed by atoms with E-state index in [-0.39, 0.29) is 22.2 Å². The first-order valence-corrected chi connectivity index (χ1v) is 20.4. The summed E-state index contributed by atoms with van der Waals surface area (Å²) in [6.45, 7) is 19.5. The molecule has 0 heterocycles. The van der Waals surface area contributed by atoms with E-state index in [2.05, 4.69) is 53.7 Å². The molecule has 5 aliphatic carbocycles. The summed E-state index contributed by atoms with van der Waals surface area (Å²) in [5.41, 5.74) is 2.79. The number of ether oxygens (including phenoxy) is 4. The highest BCUT2D eigenvalue weighted by atomic mass is 16.7. The largest absolute Gasteiger partial charge is 0.497 e. The molecule has 2 aromatic carbocycles. The lowest BCUT2D eigenvalue weighted by Crippen LogP contribution is -2.63. The second-order valence-corrected chi connectivity index (χ2v) is 19.0. The van der Waals surface area contributed by atoms with Crippen LogP contribution in [0.1, 0.15) is 125 Å². The average molecular weight is 739 g/mol. The number of carbonyl (C=O) groups excluding carboxylic acids is 3. The maximum atomic E-state index is 14.5. The standard InChI is InChI=1S/C47H62O7/c1-28-17-20-43(5)23-24-45(7)36(40(43)29(28)2)15-16-37-44(6)21-19-39(54-31(4)48)47(9,38(44)18-22-46(37,45)8)42(50)53-27-52-41(49)30(3)32-11-12-34-26-35(51-10)14-13-33(34)25-32/h11-16,25-26,28-30,38-40H,17-24,27H2,1-10H3/t28-,29+,30+,38-,39-,40+,43-,44-,45+,46-,47-/m1/s1. The van der Waals surface area contributed by atoms with Crippen LogP contribution in [0.5, 0.6) is 5.75 Å². The van der Waals surface area contributed by atoms with Crippen LogP contribution in [0.3, 0.4) is 0 Å². The Balaban J connectivity index is 1.13. The Morgan fingerprint density at radius 2 is 1.54 bits per heavy atom. The molecule has 4 fully saturated rings. The van der Waals surface area contributed by atoms with Gasteiger partial charge in [-0.05, 0) is 139 Å². The molecular formula is C47H62O7. The van der Waals surface area contributed by atoms with Crippen LogP contribution in [-0.4, -0.2) is 37.9 Å². The Morgan fingerprint density at radius 1 is 0.815 bits per heavy atom. The van der Waals surface area contributed by atoms with Crippen molar-refractivity contribution in [2.45, 2.75) is 126 Å². The fraction of sp³-hybridized carbons (Fsp3) is 0.638. The van der Waals surface area contributed by atoms with Crippen LogP contribution in [0.25, 0.3) is 10.8 Å². The van der Waals surface area contributed by atoms with Gasteiger partial charge in [0.15, 0.2) is 0 Å². The molecular weight excluding hydrogens is 677 g/mol. The normalized spacial score (nSPS) is 39.0. The third-order valence-electron chi connectivity index (χ3n) is 16.5. The summed E-state index contributed by atoms with van der Waals surface area (Å²) in [5.74, 6) is 0.653. The zero-order valence-corrected chi connectivity index (χ0v) is 34.3. The van der Waals surface area contributed by atoms with E-state index in [9.17, 15) is 14.4 Å². The van der Waals surface area contributed by atoms with Crippen LogP contribution in [0.2, 0.25) is 0 Å². The smallest absolute Gasteiger partial charge is 0.318 e. The van der Waals surface area contributed by atoms with Gasteiger partial charge < -0.3 is 18.9 Å². The molecule has 7 heteroatoms. The highest BCUT2D eigenvalue weighted by Gasteiger charge is 2.69. The van der Waals surface area contributed by atoms with Gasteiger partial charge in [0.2, 0.25) is 6.79 Å². The van der Waals surface area contributed by atoms with Crippen molar-refractivity contribution < 1.29 is 33.3 Å². The summed E-state index contributed by atoms with van der Waals surface area (Å²) in [5, 5.41) is 2.00. The van der Waals surface area contributed by atoms with Gasteiger partial charge in [-0.1, -0.05) is 89.1 Å². The zero-order chi connectivity index (χ0) is 39.0. The van der Waals surface area contributed by atoms with E-state index in [1.165, 1.54) is 38.2 Å². The molecule has 292 valence electrons. The molecule has 7 nitrogen and oxygen atoms in total. The highest BCUT2D eigenvalue weighted by molar-refractivity contribution is 5.87. The zero-order valence-electron chi connectivity index (χ0n) is 34.3. The number of hydrogen-bond donors (Lipinski definition) is 0. The Hall–Kier alpha value is -3.61. The van der Waals surface area contributed by atoms with Crippen molar-refractivity contribution in [3.63, 3.8) is 0 Å². The van der Waals surface area contributed by atoms with Crippen LogP contribution in [-0.2, 0) is 28.6 Å². The second kappa shape index (κ2) is 13.5. The van der Waals surface area contributed by atoms with E-state index in [1.54, 1.807) is 19.6 Å².